The molecule has 0 rings (SSSR count). The zero-order valence-electron chi connectivity index (χ0n) is 10.5. The molecule has 0 aliphatic heterocycles. The number of carboxylic acid groups (broad SMARTS) is 1. The first-order valence-corrected chi connectivity index (χ1v) is 5.30. The average Bonchev–Trinajstić information content (AvgIpc) is 2.23. The van der Waals surface area contributed by atoms with Gasteiger partial charge in [0.25, 0.3) is 0 Å². The van der Waals surface area contributed by atoms with Crippen molar-refractivity contribution >= 4 is 12.0 Å². The van der Waals surface area contributed by atoms with Crippen LogP contribution in [0.4, 0.5) is 18.0 Å². The number of halogens is 3. The Balaban J connectivity index is 4.24. The lowest BCUT2D eigenvalue weighted by Gasteiger charge is -2.26. The van der Waals surface area contributed by atoms with E-state index in [1.54, 1.807) is 0 Å². The van der Waals surface area contributed by atoms with Crippen molar-refractivity contribution in [2.24, 2.45) is 5.92 Å². The molecule has 8 heteroatoms. The third kappa shape index (κ3) is 6.31. The van der Waals surface area contributed by atoms with Crippen molar-refractivity contribution < 1.29 is 27.9 Å². The molecule has 0 aliphatic rings. The van der Waals surface area contributed by atoms with Crippen LogP contribution in [0.25, 0.3) is 0 Å². The number of nitrogens with zero attached hydrogens (tertiary/aromatic N) is 2. The van der Waals surface area contributed by atoms with E-state index in [0.29, 0.717) is 0 Å². The second-order valence-corrected chi connectivity index (χ2v) is 4.19. The van der Waals surface area contributed by atoms with Crippen molar-refractivity contribution in [3.05, 3.63) is 0 Å². The highest BCUT2D eigenvalue weighted by Gasteiger charge is 2.29. The molecule has 1 N–H and O–H groups in total. The van der Waals surface area contributed by atoms with Crippen LogP contribution in [0.15, 0.2) is 0 Å². The third-order valence-electron chi connectivity index (χ3n) is 2.35. The Labute approximate surface area is 103 Å². The fourth-order valence-electron chi connectivity index (χ4n) is 1.25. The topological polar surface area (TPSA) is 60.9 Å². The molecule has 0 aromatic carbocycles. The zero-order chi connectivity index (χ0) is 14.5. The van der Waals surface area contributed by atoms with Gasteiger partial charge in [0, 0.05) is 27.2 Å². The molecule has 0 saturated carbocycles. The van der Waals surface area contributed by atoms with E-state index in [9.17, 15) is 22.8 Å². The number of carboxylic acids is 1. The van der Waals surface area contributed by atoms with E-state index in [1.165, 1.54) is 21.0 Å². The number of hydrogen-bond acceptors (Lipinski definition) is 2. The smallest absolute Gasteiger partial charge is 0.390 e. The van der Waals surface area contributed by atoms with Gasteiger partial charge in [-0.2, -0.15) is 13.2 Å². The molecule has 0 heterocycles. The molecule has 0 saturated heterocycles. The molecule has 1 atom stereocenters. The predicted octanol–water partition coefficient (Wildman–Crippen LogP) is 1.64. The Kier molecular flexibility index (Phi) is 5.93. The van der Waals surface area contributed by atoms with Crippen molar-refractivity contribution in [1.82, 2.24) is 9.80 Å². The normalized spacial score (nSPS) is 13.0. The summed E-state index contributed by atoms with van der Waals surface area (Å²) in [6.07, 6.45) is -5.40. The van der Waals surface area contributed by atoms with Gasteiger partial charge in [0.2, 0.25) is 0 Å². The Morgan fingerprint density at radius 2 is 1.72 bits per heavy atom. The molecule has 0 fully saturated rings. The van der Waals surface area contributed by atoms with E-state index in [-0.39, 0.29) is 6.54 Å². The molecule has 1 unspecified atom stereocenters. The van der Waals surface area contributed by atoms with Crippen molar-refractivity contribution in [3.8, 4) is 0 Å². The van der Waals surface area contributed by atoms with Crippen LogP contribution in [0.3, 0.4) is 0 Å². The van der Waals surface area contributed by atoms with E-state index in [1.807, 2.05) is 0 Å². The number of carbonyl (C=O) groups excluding carboxylic acids is 1. The summed E-state index contributed by atoms with van der Waals surface area (Å²) >= 11 is 0. The fourth-order valence-corrected chi connectivity index (χ4v) is 1.25. The number of hydrogen-bond donors (Lipinski definition) is 1. The molecule has 2 amide bonds. The van der Waals surface area contributed by atoms with Crippen molar-refractivity contribution in [2.45, 2.75) is 19.5 Å². The van der Waals surface area contributed by atoms with Gasteiger partial charge in [-0.1, -0.05) is 6.92 Å². The number of alkyl halides is 3. The molecule has 0 spiro atoms. The second kappa shape index (κ2) is 6.46. The summed E-state index contributed by atoms with van der Waals surface area (Å²) in [6.45, 7) is 0.917. The van der Waals surface area contributed by atoms with Crippen molar-refractivity contribution in [3.63, 3.8) is 0 Å². The van der Waals surface area contributed by atoms with Crippen LogP contribution < -0.4 is 0 Å². The summed E-state index contributed by atoms with van der Waals surface area (Å²) in [5.41, 5.74) is 0. The number of carbonyl (C=O) groups is 2. The largest absolute Gasteiger partial charge is 0.481 e. The average molecular weight is 270 g/mol. The number of aliphatic carboxylic acids is 1. The fraction of sp³-hybridized carbons (Fsp3) is 0.800. The lowest BCUT2D eigenvalue weighted by atomic mass is 10.2. The lowest BCUT2D eigenvalue weighted by Crippen LogP contribution is -2.42. The first kappa shape index (κ1) is 16.5. The van der Waals surface area contributed by atoms with Crippen LogP contribution in [0.2, 0.25) is 0 Å². The molecule has 5 nitrogen and oxygen atoms in total. The summed E-state index contributed by atoms with van der Waals surface area (Å²) in [7, 11) is 2.60. The molecule has 0 radical (unpaired) electrons. The lowest BCUT2D eigenvalue weighted by molar-refractivity contribution is -0.141. The SMILES string of the molecule is CC(CN(C)C(=O)N(C)CCC(F)(F)F)C(=O)O. The highest BCUT2D eigenvalue weighted by molar-refractivity contribution is 5.75. The van der Waals surface area contributed by atoms with Gasteiger partial charge >= 0.3 is 18.2 Å². The van der Waals surface area contributed by atoms with E-state index < -0.39 is 37.1 Å². The van der Waals surface area contributed by atoms with Crippen molar-refractivity contribution in [2.75, 3.05) is 27.2 Å². The summed E-state index contributed by atoms with van der Waals surface area (Å²) in [4.78, 5) is 24.2. The summed E-state index contributed by atoms with van der Waals surface area (Å²) in [5, 5.41) is 8.66. The molecule has 0 aromatic heterocycles. The minimum Gasteiger partial charge on any atom is -0.481 e. The minimum absolute atomic E-state index is 0.0511. The molecule has 0 aliphatic carbocycles. The van der Waals surface area contributed by atoms with Crippen molar-refractivity contribution in [1.29, 1.82) is 0 Å². The molecule has 106 valence electrons. The van der Waals surface area contributed by atoms with E-state index in [4.69, 9.17) is 5.11 Å². The van der Waals surface area contributed by atoms with E-state index in [2.05, 4.69) is 0 Å². The molecule has 0 bridgehead atoms. The van der Waals surface area contributed by atoms with Gasteiger partial charge in [0.05, 0.1) is 12.3 Å². The molecule has 0 aromatic rings. The highest BCUT2D eigenvalue weighted by Crippen LogP contribution is 2.19. The Bertz CT molecular complexity index is 307. The zero-order valence-corrected chi connectivity index (χ0v) is 10.5. The van der Waals surface area contributed by atoms with Gasteiger partial charge in [-0.3, -0.25) is 4.79 Å². The third-order valence-corrected chi connectivity index (χ3v) is 2.35. The Hall–Kier alpha value is -1.47. The summed E-state index contributed by atoms with van der Waals surface area (Å²) in [5.74, 6) is -1.83. The first-order valence-electron chi connectivity index (χ1n) is 5.30. The first-order chi connectivity index (χ1) is 8.04. The quantitative estimate of drug-likeness (QED) is 0.826. The van der Waals surface area contributed by atoms with Gasteiger partial charge in [0.15, 0.2) is 0 Å². The van der Waals surface area contributed by atoms with Crippen LogP contribution >= 0.6 is 0 Å². The summed E-state index contributed by atoms with van der Waals surface area (Å²) < 4.78 is 35.9. The van der Waals surface area contributed by atoms with Gasteiger partial charge in [-0.05, 0) is 0 Å². The standard InChI is InChI=1S/C10H17F3N2O3/c1-7(8(16)17)6-15(3)9(18)14(2)5-4-10(11,12)13/h7H,4-6H2,1-3H3,(H,16,17). The van der Waals surface area contributed by atoms with E-state index >= 15 is 0 Å². The van der Waals surface area contributed by atoms with Gasteiger partial charge in [-0.25, -0.2) is 4.79 Å². The Morgan fingerprint density at radius 3 is 2.11 bits per heavy atom. The van der Waals surface area contributed by atoms with Gasteiger partial charge in [0.1, 0.15) is 0 Å². The molecule has 18 heavy (non-hydrogen) atoms. The van der Waals surface area contributed by atoms with Crippen LogP contribution in [-0.2, 0) is 4.79 Å². The second-order valence-electron chi connectivity index (χ2n) is 4.19. The van der Waals surface area contributed by atoms with Crippen LogP contribution in [0.1, 0.15) is 13.3 Å². The van der Waals surface area contributed by atoms with Crippen LogP contribution in [0.5, 0.6) is 0 Å². The van der Waals surface area contributed by atoms with Crippen LogP contribution in [0, 0.1) is 5.92 Å². The predicted molar refractivity (Wildman–Crippen MR) is 58.1 cm³/mol. The maximum atomic E-state index is 12.0. The number of urea groups is 1. The van der Waals surface area contributed by atoms with Gasteiger partial charge in [-0.15, -0.1) is 0 Å². The van der Waals surface area contributed by atoms with Crippen LogP contribution in [-0.4, -0.2) is 60.3 Å². The highest BCUT2D eigenvalue weighted by atomic mass is 19.4. The Morgan fingerprint density at radius 1 is 1.22 bits per heavy atom. The van der Waals surface area contributed by atoms with E-state index in [0.717, 1.165) is 9.80 Å². The monoisotopic (exact) mass is 270 g/mol. The van der Waals surface area contributed by atoms with Gasteiger partial charge < -0.3 is 14.9 Å². The molecular weight excluding hydrogens is 253 g/mol. The number of rotatable bonds is 5. The minimum atomic E-state index is -4.32. The maximum Gasteiger partial charge on any atom is 0.390 e. The summed E-state index contributed by atoms with van der Waals surface area (Å²) in [6, 6.07) is -0.632. The molecular formula is C10H17F3N2O3. The number of amides is 2. The maximum absolute atomic E-state index is 12.0.